The van der Waals surface area contributed by atoms with Gasteiger partial charge in [-0.25, -0.2) is 9.67 Å². The van der Waals surface area contributed by atoms with E-state index in [4.69, 9.17) is 4.74 Å². The van der Waals surface area contributed by atoms with Gasteiger partial charge in [-0.05, 0) is 24.3 Å². The number of pyridine rings is 1. The van der Waals surface area contributed by atoms with Crippen LogP contribution in [0.2, 0.25) is 0 Å². The first-order chi connectivity index (χ1) is 11.9. The van der Waals surface area contributed by atoms with Crippen LogP contribution in [0, 0.1) is 0 Å². The van der Waals surface area contributed by atoms with Crippen LogP contribution in [0.4, 0.5) is 0 Å². The van der Waals surface area contributed by atoms with E-state index in [2.05, 4.69) is 15.3 Å². The van der Waals surface area contributed by atoms with Crippen LogP contribution < -0.4 is 4.74 Å². The summed E-state index contributed by atoms with van der Waals surface area (Å²) in [6.07, 6.45) is 6.66. The molecule has 1 aromatic carbocycles. The van der Waals surface area contributed by atoms with Crippen LogP contribution >= 0.6 is 0 Å². The quantitative estimate of drug-likeness (QED) is 0.548. The second-order valence-corrected chi connectivity index (χ2v) is 5.52. The molecule has 0 aliphatic carbocycles. The van der Waals surface area contributed by atoms with Crippen LogP contribution in [-0.4, -0.2) is 31.0 Å². The number of para-hydroxylation sites is 1. The highest BCUT2D eigenvalue weighted by molar-refractivity contribution is 5.39. The van der Waals surface area contributed by atoms with E-state index in [-0.39, 0.29) is 0 Å². The molecule has 4 rings (SSSR count). The third kappa shape index (κ3) is 3.27. The Kier molecular flexibility index (Phi) is 3.93. The van der Waals surface area contributed by atoms with Crippen molar-refractivity contribution in [1.82, 2.24) is 24.4 Å². The maximum Gasteiger partial charge on any atom is 0.137 e. The molecule has 6 nitrogen and oxygen atoms in total. The largest absolute Gasteiger partial charge is 0.493 e. The van der Waals surface area contributed by atoms with Crippen molar-refractivity contribution in [2.24, 2.45) is 0 Å². The lowest BCUT2D eigenvalue weighted by Gasteiger charge is -2.03. The monoisotopic (exact) mass is 319 g/mol. The van der Waals surface area contributed by atoms with Crippen LogP contribution in [0.25, 0.3) is 5.65 Å². The zero-order chi connectivity index (χ0) is 16.2. The van der Waals surface area contributed by atoms with E-state index in [1.54, 1.807) is 4.68 Å². The molecule has 0 amide bonds. The number of hydrogen-bond donors (Lipinski definition) is 0. The lowest BCUT2D eigenvalue weighted by molar-refractivity contribution is 0.320. The fourth-order valence-electron chi connectivity index (χ4n) is 2.55. The first-order valence-electron chi connectivity index (χ1n) is 7.86. The number of hydrogen-bond acceptors (Lipinski definition) is 4. The number of rotatable bonds is 6. The van der Waals surface area contributed by atoms with Gasteiger partial charge in [-0.15, -0.1) is 5.10 Å². The van der Waals surface area contributed by atoms with Crippen molar-refractivity contribution in [2.45, 2.75) is 13.0 Å². The van der Waals surface area contributed by atoms with Gasteiger partial charge in [-0.3, -0.25) is 0 Å². The van der Waals surface area contributed by atoms with Gasteiger partial charge < -0.3 is 9.14 Å². The van der Waals surface area contributed by atoms with Gasteiger partial charge in [-0.1, -0.05) is 29.5 Å². The Morgan fingerprint density at radius 3 is 2.67 bits per heavy atom. The number of ether oxygens (including phenoxy) is 1. The molecule has 0 unspecified atom stereocenters. The summed E-state index contributed by atoms with van der Waals surface area (Å²) in [5, 5.41) is 8.36. The van der Waals surface area contributed by atoms with Crippen molar-refractivity contribution >= 4 is 5.65 Å². The molecule has 0 saturated carbocycles. The Bertz CT molecular complexity index is 896. The Balaban J connectivity index is 1.36. The predicted molar refractivity (Wildman–Crippen MR) is 90.0 cm³/mol. The average molecular weight is 319 g/mol. The fourth-order valence-corrected chi connectivity index (χ4v) is 2.55. The molecule has 6 heteroatoms. The van der Waals surface area contributed by atoms with E-state index in [9.17, 15) is 0 Å². The lowest BCUT2D eigenvalue weighted by Crippen LogP contribution is -2.02. The van der Waals surface area contributed by atoms with E-state index >= 15 is 0 Å². The van der Waals surface area contributed by atoms with Crippen molar-refractivity contribution in [2.75, 3.05) is 6.61 Å². The summed E-state index contributed by atoms with van der Waals surface area (Å²) in [4.78, 5) is 4.57. The zero-order valence-corrected chi connectivity index (χ0v) is 13.1. The number of imidazole rings is 1. The van der Waals surface area contributed by atoms with Gasteiger partial charge in [0.25, 0.3) is 0 Å². The first-order valence-corrected chi connectivity index (χ1v) is 7.86. The molecule has 3 heterocycles. The number of nitrogens with zero attached hydrogens (tertiary/aromatic N) is 5. The van der Waals surface area contributed by atoms with Crippen LogP contribution in [0.1, 0.15) is 11.4 Å². The Morgan fingerprint density at radius 2 is 1.79 bits per heavy atom. The highest BCUT2D eigenvalue weighted by Gasteiger charge is 2.05. The molecule has 24 heavy (non-hydrogen) atoms. The van der Waals surface area contributed by atoms with E-state index in [0.717, 1.165) is 29.2 Å². The molecule has 0 fully saturated rings. The van der Waals surface area contributed by atoms with Gasteiger partial charge >= 0.3 is 0 Å². The number of benzene rings is 1. The minimum Gasteiger partial charge on any atom is -0.493 e. The zero-order valence-electron chi connectivity index (χ0n) is 13.1. The Labute approximate surface area is 139 Å². The summed E-state index contributed by atoms with van der Waals surface area (Å²) < 4.78 is 9.49. The second kappa shape index (κ2) is 6.54. The summed E-state index contributed by atoms with van der Waals surface area (Å²) in [7, 11) is 0. The third-order valence-corrected chi connectivity index (χ3v) is 3.69. The molecule has 3 aromatic heterocycles. The fraction of sp³-hybridized carbons (Fsp3) is 0.167. The molecule has 0 radical (unpaired) electrons. The molecular formula is C18H17N5O. The molecule has 4 aromatic rings. The van der Waals surface area contributed by atoms with Crippen molar-refractivity contribution < 1.29 is 4.74 Å². The van der Waals surface area contributed by atoms with Gasteiger partial charge in [0.2, 0.25) is 0 Å². The SMILES string of the molecule is c1ccc(OCCc2cn(Cc3cn4ccccc4n3)nn2)cc1. The van der Waals surface area contributed by atoms with Crippen molar-refractivity contribution in [1.29, 1.82) is 0 Å². The maximum absolute atomic E-state index is 5.68. The number of aromatic nitrogens is 5. The van der Waals surface area contributed by atoms with Crippen molar-refractivity contribution in [3.8, 4) is 5.75 Å². The second-order valence-electron chi connectivity index (χ2n) is 5.52. The standard InChI is InChI=1S/C18H17N5O/c1-2-6-17(7-3-1)24-11-9-15-13-23(21-20-15)14-16-12-22-10-5-4-8-18(22)19-16/h1-8,10,12-13H,9,11,14H2. The smallest absolute Gasteiger partial charge is 0.137 e. The van der Waals surface area contributed by atoms with Crippen LogP contribution in [-0.2, 0) is 13.0 Å². The van der Waals surface area contributed by atoms with Crippen molar-refractivity contribution in [3.63, 3.8) is 0 Å². The molecule has 0 bridgehead atoms. The minimum atomic E-state index is 0.580. The Hall–Kier alpha value is -3.15. The summed E-state index contributed by atoms with van der Waals surface area (Å²) >= 11 is 0. The number of fused-ring (bicyclic) bond motifs is 1. The molecule has 120 valence electrons. The van der Waals surface area contributed by atoms with E-state index in [1.165, 1.54) is 0 Å². The van der Waals surface area contributed by atoms with E-state index < -0.39 is 0 Å². The molecule has 0 atom stereocenters. The van der Waals surface area contributed by atoms with Gasteiger partial charge in [-0.2, -0.15) is 0 Å². The summed E-state index contributed by atoms with van der Waals surface area (Å²) in [5.41, 5.74) is 2.80. The molecular weight excluding hydrogens is 302 g/mol. The molecule has 0 aliphatic rings. The maximum atomic E-state index is 5.68. The van der Waals surface area contributed by atoms with E-state index in [1.807, 2.05) is 71.5 Å². The van der Waals surface area contributed by atoms with Gasteiger partial charge in [0.05, 0.1) is 24.5 Å². The summed E-state index contributed by atoms with van der Waals surface area (Å²) in [6.45, 7) is 1.19. The van der Waals surface area contributed by atoms with Gasteiger partial charge in [0.15, 0.2) is 0 Å². The normalized spacial score (nSPS) is 11.0. The van der Waals surface area contributed by atoms with E-state index in [0.29, 0.717) is 13.2 Å². The highest BCUT2D eigenvalue weighted by Crippen LogP contribution is 2.09. The molecule has 0 N–H and O–H groups in total. The Morgan fingerprint density at radius 1 is 0.917 bits per heavy atom. The average Bonchev–Trinajstić information content (AvgIpc) is 3.22. The topological polar surface area (TPSA) is 57.2 Å². The van der Waals surface area contributed by atoms with Crippen molar-refractivity contribution in [3.05, 3.63) is 78.5 Å². The molecule has 0 saturated heterocycles. The van der Waals surface area contributed by atoms with Crippen LogP contribution in [0.15, 0.2) is 67.1 Å². The predicted octanol–water partition coefficient (Wildman–Crippen LogP) is 2.60. The first kappa shape index (κ1) is 14.4. The van der Waals surface area contributed by atoms with Crippen LogP contribution in [0.3, 0.4) is 0 Å². The third-order valence-electron chi connectivity index (χ3n) is 3.69. The minimum absolute atomic E-state index is 0.580. The molecule has 0 aliphatic heterocycles. The summed E-state index contributed by atoms with van der Waals surface area (Å²) in [6, 6.07) is 15.7. The van der Waals surface area contributed by atoms with Gasteiger partial charge in [0.1, 0.15) is 11.4 Å². The summed E-state index contributed by atoms with van der Waals surface area (Å²) in [5.74, 6) is 0.870. The highest BCUT2D eigenvalue weighted by atomic mass is 16.5. The van der Waals surface area contributed by atoms with Crippen LogP contribution in [0.5, 0.6) is 5.75 Å². The lowest BCUT2D eigenvalue weighted by atomic mass is 10.3. The van der Waals surface area contributed by atoms with Gasteiger partial charge in [0, 0.05) is 25.0 Å². The molecule has 0 spiro atoms.